The van der Waals surface area contributed by atoms with Crippen LogP contribution in [0.2, 0.25) is 5.02 Å². The molecule has 0 saturated carbocycles. The van der Waals surface area contributed by atoms with E-state index in [2.05, 4.69) is 4.74 Å². The van der Waals surface area contributed by atoms with Gasteiger partial charge in [0.15, 0.2) is 0 Å². The van der Waals surface area contributed by atoms with Crippen molar-refractivity contribution in [1.82, 2.24) is 0 Å². The van der Waals surface area contributed by atoms with Gasteiger partial charge in [0, 0.05) is 10.6 Å². The normalized spacial score (nSPS) is 10.2. The number of rotatable bonds is 4. The molecule has 0 spiro atoms. The molecule has 0 saturated heterocycles. The number of carbonyl (C=O) groups excluding carboxylic acids is 1. The number of halogens is 1. The van der Waals surface area contributed by atoms with Crippen LogP contribution in [0.5, 0.6) is 11.5 Å². The van der Waals surface area contributed by atoms with E-state index in [1.165, 1.54) is 7.11 Å². The van der Waals surface area contributed by atoms with Gasteiger partial charge in [0.1, 0.15) is 11.5 Å². The highest BCUT2D eigenvalue weighted by atomic mass is 35.5. The Kier molecular flexibility index (Phi) is 4.64. The summed E-state index contributed by atoms with van der Waals surface area (Å²) in [4.78, 5) is 11.4. The molecule has 2 aromatic carbocycles. The minimum atomic E-state index is -0.318. The molecule has 2 aromatic rings. The second kappa shape index (κ2) is 6.44. The summed E-state index contributed by atoms with van der Waals surface area (Å²) in [6, 6.07) is 12.8. The van der Waals surface area contributed by atoms with Crippen LogP contribution in [0.4, 0.5) is 0 Å². The number of ether oxygens (including phenoxy) is 2. The SMILES string of the molecule is COC(=O)Cc1ccc(Cl)cc1Oc1ccc(C)cc1. The number of esters is 1. The predicted molar refractivity (Wildman–Crippen MR) is 78.4 cm³/mol. The summed E-state index contributed by atoms with van der Waals surface area (Å²) in [5.41, 5.74) is 1.89. The number of carbonyl (C=O) groups is 1. The third-order valence-electron chi connectivity index (χ3n) is 2.84. The molecule has 0 atom stereocenters. The smallest absolute Gasteiger partial charge is 0.310 e. The number of hydrogen-bond acceptors (Lipinski definition) is 3. The molecule has 0 heterocycles. The Bertz CT molecular complexity index is 606. The summed E-state index contributed by atoms with van der Waals surface area (Å²) in [6.45, 7) is 2.01. The molecule has 0 aliphatic rings. The monoisotopic (exact) mass is 290 g/mol. The average molecular weight is 291 g/mol. The number of benzene rings is 2. The van der Waals surface area contributed by atoms with Gasteiger partial charge in [0.2, 0.25) is 0 Å². The van der Waals surface area contributed by atoms with E-state index < -0.39 is 0 Å². The van der Waals surface area contributed by atoms with Crippen LogP contribution in [0.15, 0.2) is 42.5 Å². The first-order valence-electron chi connectivity index (χ1n) is 6.18. The maximum atomic E-state index is 11.4. The Balaban J connectivity index is 2.26. The molecular weight excluding hydrogens is 276 g/mol. The van der Waals surface area contributed by atoms with Crippen molar-refractivity contribution in [2.45, 2.75) is 13.3 Å². The molecule has 104 valence electrons. The minimum absolute atomic E-state index is 0.148. The van der Waals surface area contributed by atoms with Crippen molar-refractivity contribution in [3.8, 4) is 11.5 Å². The molecule has 2 rings (SSSR count). The van der Waals surface area contributed by atoms with Gasteiger partial charge >= 0.3 is 5.97 Å². The molecule has 0 aliphatic carbocycles. The summed E-state index contributed by atoms with van der Waals surface area (Å²) >= 11 is 5.98. The molecular formula is C16H15ClO3. The van der Waals surface area contributed by atoms with Crippen LogP contribution < -0.4 is 4.74 Å². The highest BCUT2D eigenvalue weighted by Crippen LogP contribution is 2.29. The lowest BCUT2D eigenvalue weighted by molar-refractivity contribution is -0.139. The van der Waals surface area contributed by atoms with Crippen LogP contribution in [0.1, 0.15) is 11.1 Å². The van der Waals surface area contributed by atoms with E-state index in [-0.39, 0.29) is 12.4 Å². The van der Waals surface area contributed by atoms with Crippen molar-refractivity contribution in [3.05, 3.63) is 58.6 Å². The zero-order valence-electron chi connectivity index (χ0n) is 11.4. The van der Waals surface area contributed by atoms with Crippen LogP contribution in [-0.2, 0) is 16.0 Å². The van der Waals surface area contributed by atoms with Gasteiger partial charge in [-0.2, -0.15) is 0 Å². The van der Waals surface area contributed by atoms with Crippen molar-refractivity contribution in [1.29, 1.82) is 0 Å². The molecule has 0 unspecified atom stereocenters. The third-order valence-corrected chi connectivity index (χ3v) is 3.08. The molecule has 0 amide bonds. The van der Waals surface area contributed by atoms with E-state index in [1.807, 2.05) is 31.2 Å². The van der Waals surface area contributed by atoms with Gasteiger partial charge in [-0.05, 0) is 31.2 Å². The molecule has 0 aliphatic heterocycles. The van der Waals surface area contributed by atoms with E-state index in [0.717, 1.165) is 11.1 Å². The predicted octanol–water partition coefficient (Wildman–Crippen LogP) is 4.16. The second-order valence-corrected chi connectivity index (χ2v) is 4.86. The molecule has 3 nitrogen and oxygen atoms in total. The Hall–Kier alpha value is -2.00. The Labute approximate surface area is 123 Å². The molecule has 20 heavy (non-hydrogen) atoms. The summed E-state index contributed by atoms with van der Waals surface area (Å²) in [5.74, 6) is 0.941. The Morgan fingerprint density at radius 2 is 1.85 bits per heavy atom. The highest BCUT2D eigenvalue weighted by Gasteiger charge is 2.11. The topological polar surface area (TPSA) is 35.5 Å². The summed E-state index contributed by atoms with van der Waals surface area (Å²) in [7, 11) is 1.36. The Morgan fingerprint density at radius 1 is 1.15 bits per heavy atom. The van der Waals surface area contributed by atoms with Gasteiger partial charge in [-0.1, -0.05) is 35.4 Å². The van der Waals surface area contributed by atoms with Crippen molar-refractivity contribution in [2.75, 3.05) is 7.11 Å². The first-order valence-corrected chi connectivity index (χ1v) is 6.56. The van der Waals surface area contributed by atoms with E-state index >= 15 is 0 Å². The lowest BCUT2D eigenvalue weighted by Crippen LogP contribution is -2.05. The Morgan fingerprint density at radius 3 is 2.50 bits per heavy atom. The fraction of sp³-hybridized carbons (Fsp3) is 0.188. The molecule has 0 bridgehead atoms. The van der Waals surface area contributed by atoms with Gasteiger partial charge in [-0.15, -0.1) is 0 Å². The van der Waals surface area contributed by atoms with Crippen molar-refractivity contribution >= 4 is 17.6 Å². The largest absolute Gasteiger partial charge is 0.469 e. The lowest BCUT2D eigenvalue weighted by atomic mass is 10.1. The van der Waals surface area contributed by atoms with Gasteiger partial charge in [-0.3, -0.25) is 4.79 Å². The van der Waals surface area contributed by atoms with E-state index in [0.29, 0.717) is 16.5 Å². The number of aryl methyl sites for hydroxylation is 1. The van der Waals surface area contributed by atoms with E-state index in [9.17, 15) is 4.79 Å². The van der Waals surface area contributed by atoms with Crippen molar-refractivity contribution in [3.63, 3.8) is 0 Å². The molecule has 4 heteroatoms. The van der Waals surface area contributed by atoms with Crippen LogP contribution >= 0.6 is 11.6 Å². The van der Waals surface area contributed by atoms with Gasteiger partial charge in [-0.25, -0.2) is 0 Å². The number of hydrogen-bond donors (Lipinski definition) is 0. The fourth-order valence-corrected chi connectivity index (χ4v) is 1.89. The molecule has 0 N–H and O–H groups in total. The van der Waals surface area contributed by atoms with E-state index in [1.54, 1.807) is 18.2 Å². The van der Waals surface area contributed by atoms with Crippen LogP contribution in [0.25, 0.3) is 0 Å². The summed E-state index contributed by atoms with van der Waals surface area (Å²) in [5, 5.41) is 0.556. The standard InChI is InChI=1S/C16H15ClO3/c1-11-3-7-14(8-4-11)20-15-10-13(17)6-5-12(15)9-16(18)19-2/h3-8,10H,9H2,1-2H3. The van der Waals surface area contributed by atoms with E-state index in [4.69, 9.17) is 16.3 Å². The molecule has 0 fully saturated rings. The lowest BCUT2D eigenvalue weighted by Gasteiger charge is -2.11. The maximum Gasteiger partial charge on any atom is 0.310 e. The van der Waals surface area contributed by atoms with Crippen molar-refractivity contribution < 1.29 is 14.3 Å². The van der Waals surface area contributed by atoms with Gasteiger partial charge in [0.25, 0.3) is 0 Å². The van der Waals surface area contributed by atoms with Gasteiger partial charge in [0.05, 0.1) is 13.5 Å². The zero-order chi connectivity index (χ0) is 14.5. The zero-order valence-corrected chi connectivity index (χ0v) is 12.1. The number of methoxy groups -OCH3 is 1. The average Bonchev–Trinajstić information content (AvgIpc) is 2.44. The van der Waals surface area contributed by atoms with Crippen LogP contribution in [0, 0.1) is 6.92 Å². The molecule has 0 radical (unpaired) electrons. The van der Waals surface area contributed by atoms with Crippen molar-refractivity contribution in [2.24, 2.45) is 0 Å². The minimum Gasteiger partial charge on any atom is -0.469 e. The van der Waals surface area contributed by atoms with Crippen LogP contribution in [-0.4, -0.2) is 13.1 Å². The summed E-state index contributed by atoms with van der Waals surface area (Å²) in [6.07, 6.45) is 0.148. The second-order valence-electron chi connectivity index (χ2n) is 4.42. The first kappa shape index (κ1) is 14.4. The fourth-order valence-electron chi connectivity index (χ4n) is 1.73. The van der Waals surface area contributed by atoms with Crippen LogP contribution in [0.3, 0.4) is 0 Å². The summed E-state index contributed by atoms with van der Waals surface area (Å²) < 4.78 is 10.5. The first-order chi connectivity index (χ1) is 9.58. The molecule has 0 aromatic heterocycles. The maximum absolute atomic E-state index is 11.4. The quantitative estimate of drug-likeness (QED) is 0.793. The van der Waals surface area contributed by atoms with Gasteiger partial charge < -0.3 is 9.47 Å². The third kappa shape index (κ3) is 3.75. The highest BCUT2D eigenvalue weighted by molar-refractivity contribution is 6.30.